The molecule has 4 N–H and O–H groups in total. The van der Waals surface area contributed by atoms with Gasteiger partial charge in [0.05, 0.1) is 34.3 Å². The monoisotopic (exact) mass is 1130 g/mol. The third kappa shape index (κ3) is 16.8. The summed E-state index contributed by atoms with van der Waals surface area (Å²) in [5, 5.41) is 0. The maximum atomic E-state index is 13.6. The van der Waals surface area contributed by atoms with Crippen LogP contribution >= 0.6 is 49.6 Å². The number of alkyl halides is 12. The zero-order chi connectivity index (χ0) is 50.8. The van der Waals surface area contributed by atoms with Crippen LogP contribution < -0.4 is 11.5 Å². The molecule has 6 rings (SSSR count). The van der Waals surface area contributed by atoms with Gasteiger partial charge in [0.2, 0.25) is 0 Å². The largest absolute Gasteiger partial charge is 0.416 e. The second-order valence-corrected chi connectivity index (χ2v) is 17.1. The van der Waals surface area contributed by atoms with E-state index >= 15 is 0 Å². The van der Waals surface area contributed by atoms with Crippen LogP contribution in [0.3, 0.4) is 0 Å². The summed E-state index contributed by atoms with van der Waals surface area (Å²) in [6.07, 6.45) is -18.2. The lowest BCUT2D eigenvalue weighted by Crippen LogP contribution is -2.49. The molecule has 2 aliphatic heterocycles. The molecule has 4 aromatic rings. The standard InChI is InChI=1S/2C23H24F7N3O.4ClH/c2*1-13-7-17(24)3-4-19(13)20-11-18(31)5-6-33(20)21(34)32(2)12-14-8-15(22(25,26)27)10-16(9-14)23(28,29)30;;;;/h2*3-4,7-10,18,20H,5-6,11-12,31H2,1-2H3;4*1H/t18-,20+;18-,20-;;;;/m01..../s1. The lowest BCUT2D eigenvalue weighted by atomic mass is 9.90. The zero-order valence-electron chi connectivity index (χ0n) is 38.6. The van der Waals surface area contributed by atoms with Crippen LogP contribution in [0.4, 0.5) is 71.1 Å². The van der Waals surface area contributed by atoms with Gasteiger partial charge in [-0.15, -0.1) is 49.6 Å². The number of nitrogens with two attached hydrogens (primary N) is 2. The van der Waals surface area contributed by atoms with Gasteiger partial charge in [-0.1, -0.05) is 12.1 Å². The molecule has 0 saturated carbocycles. The number of piperidine rings is 2. The minimum atomic E-state index is -4.98. The molecule has 8 nitrogen and oxygen atoms in total. The summed E-state index contributed by atoms with van der Waals surface area (Å²) in [5.41, 5.74) is 8.34. The van der Waals surface area contributed by atoms with Crippen molar-refractivity contribution in [1.82, 2.24) is 19.6 Å². The van der Waals surface area contributed by atoms with Gasteiger partial charge in [0.25, 0.3) is 0 Å². The second-order valence-electron chi connectivity index (χ2n) is 17.1. The first-order chi connectivity index (χ1) is 31.3. The quantitative estimate of drug-likeness (QED) is 0.188. The SMILES string of the molecule is Cc1cc(F)ccc1[C@H]1C[C@@H](N)CCN1C(=O)N(C)Cc1cc(C(F)(F)F)cc(C(F)(F)F)c1.Cc1cc(F)ccc1[C@H]1C[C@H](N)CCN1C(=O)N(C)Cc1cc(C(F)(F)F)cc(C(F)(F)F)c1.Cl.Cl.Cl.Cl. The Morgan fingerprint density at radius 2 is 0.792 bits per heavy atom. The molecule has 0 bridgehead atoms. The fraction of sp³-hybridized carbons (Fsp3) is 0.435. The third-order valence-electron chi connectivity index (χ3n) is 11.7. The summed E-state index contributed by atoms with van der Waals surface area (Å²) in [6.45, 7) is 2.91. The molecule has 0 radical (unpaired) electrons. The van der Waals surface area contributed by atoms with Gasteiger partial charge in [-0.2, -0.15) is 52.7 Å². The van der Waals surface area contributed by atoms with Crippen LogP contribution in [-0.4, -0.2) is 70.9 Å². The van der Waals surface area contributed by atoms with Crippen molar-refractivity contribution < 1.29 is 71.1 Å². The number of aryl methyl sites for hydroxylation is 2. The number of carbonyl (C=O) groups excluding carboxylic acids is 2. The van der Waals surface area contributed by atoms with Gasteiger partial charge < -0.3 is 31.1 Å². The van der Waals surface area contributed by atoms with E-state index < -0.39 is 95.8 Å². The Morgan fingerprint density at radius 1 is 0.514 bits per heavy atom. The number of amides is 4. The van der Waals surface area contributed by atoms with Gasteiger partial charge in [-0.3, -0.25) is 0 Å². The van der Waals surface area contributed by atoms with E-state index in [-0.39, 0.29) is 98.1 Å². The Morgan fingerprint density at radius 3 is 1.04 bits per heavy atom. The summed E-state index contributed by atoms with van der Waals surface area (Å²) in [4.78, 5) is 31.5. The van der Waals surface area contributed by atoms with E-state index in [4.69, 9.17) is 11.5 Å². The molecule has 2 heterocycles. The zero-order valence-corrected chi connectivity index (χ0v) is 41.8. The molecule has 72 heavy (non-hydrogen) atoms. The molecule has 2 saturated heterocycles. The van der Waals surface area contributed by atoms with E-state index in [0.717, 1.165) is 9.80 Å². The number of nitrogens with zero attached hydrogens (tertiary/aromatic N) is 4. The van der Waals surface area contributed by atoms with Gasteiger partial charge in [0.15, 0.2) is 0 Å². The minimum absolute atomic E-state index is 0. The Hall–Kier alpha value is -4.48. The molecular formula is C46H52Cl4F14N6O2. The van der Waals surface area contributed by atoms with Gasteiger partial charge >= 0.3 is 36.8 Å². The highest BCUT2D eigenvalue weighted by Gasteiger charge is 2.40. The van der Waals surface area contributed by atoms with Crippen LogP contribution in [-0.2, 0) is 37.8 Å². The van der Waals surface area contributed by atoms with E-state index in [9.17, 15) is 71.1 Å². The lowest BCUT2D eigenvalue weighted by Gasteiger charge is -2.41. The van der Waals surface area contributed by atoms with Gasteiger partial charge in [0, 0.05) is 52.4 Å². The molecule has 2 aliphatic rings. The highest BCUT2D eigenvalue weighted by atomic mass is 35.5. The summed E-state index contributed by atoms with van der Waals surface area (Å²) in [7, 11) is 2.61. The maximum absolute atomic E-state index is 13.6. The summed E-state index contributed by atoms with van der Waals surface area (Å²) in [5.74, 6) is -0.886. The van der Waals surface area contributed by atoms with Crippen molar-refractivity contribution >= 4 is 61.7 Å². The van der Waals surface area contributed by atoms with Crippen LogP contribution in [0.2, 0.25) is 0 Å². The molecule has 4 atom stereocenters. The van der Waals surface area contributed by atoms with Gasteiger partial charge in [-0.25, -0.2) is 18.4 Å². The second kappa shape index (κ2) is 25.6. The van der Waals surface area contributed by atoms with Crippen LogP contribution in [0.15, 0.2) is 72.8 Å². The first-order valence-electron chi connectivity index (χ1n) is 21.0. The highest BCUT2D eigenvalue weighted by molar-refractivity contribution is 5.86. The topological polar surface area (TPSA) is 99.1 Å². The minimum Gasteiger partial charge on any atom is -0.328 e. The lowest BCUT2D eigenvalue weighted by molar-refractivity contribution is -0.144. The van der Waals surface area contributed by atoms with Crippen molar-refractivity contribution in [2.45, 2.75) is 101 Å². The first-order valence-corrected chi connectivity index (χ1v) is 21.0. The highest BCUT2D eigenvalue weighted by Crippen LogP contribution is 2.40. The maximum Gasteiger partial charge on any atom is 0.416 e. The number of benzene rings is 4. The molecule has 404 valence electrons. The Labute approximate surface area is 431 Å². The molecule has 0 aromatic heterocycles. The number of halogens is 18. The number of urea groups is 2. The van der Waals surface area contributed by atoms with Crippen molar-refractivity contribution in [2.75, 3.05) is 27.2 Å². The van der Waals surface area contributed by atoms with E-state index in [1.807, 2.05) is 0 Å². The summed E-state index contributed by atoms with van der Waals surface area (Å²) < 4.78 is 185. The fourth-order valence-electron chi connectivity index (χ4n) is 8.40. The van der Waals surface area contributed by atoms with Crippen LogP contribution in [0.5, 0.6) is 0 Å². The van der Waals surface area contributed by atoms with E-state index in [1.54, 1.807) is 26.0 Å². The molecule has 0 aliphatic carbocycles. The average molecular weight is 1130 g/mol. The van der Waals surface area contributed by atoms with Gasteiger partial charge in [0.1, 0.15) is 11.6 Å². The van der Waals surface area contributed by atoms with Crippen molar-refractivity contribution in [3.63, 3.8) is 0 Å². The van der Waals surface area contributed by atoms with Crippen molar-refractivity contribution in [3.8, 4) is 0 Å². The third-order valence-corrected chi connectivity index (χ3v) is 11.7. The number of likely N-dealkylation sites (tertiary alicyclic amines) is 2. The van der Waals surface area contributed by atoms with Crippen molar-refractivity contribution in [1.29, 1.82) is 0 Å². The molecule has 4 aromatic carbocycles. The number of carbonyl (C=O) groups is 2. The molecular weight excluding hydrogens is 1080 g/mol. The molecule has 26 heteroatoms. The number of rotatable bonds is 6. The molecule has 0 unspecified atom stereocenters. The predicted molar refractivity (Wildman–Crippen MR) is 251 cm³/mol. The Balaban J connectivity index is 0.000000682. The van der Waals surface area contributed by atoms with Crippen LogP contribution in [0, 0.1) is 25.5 Å². The van der Waals surface area contributed by atoms with Crippen molar-refractivity contribution in [3.05, 3.63) is 140 Å². The summed E-state index contributed by atoms with van der Waals surface area (Å²) in [6, 6.07) is 8.17. The van der Waals surface area contributed by atoms with Crippen LogP contribution in [0.25, 0.3) is 0 Å². The smallest absolute Gasteiger partial charge is 0.328 e. The van der Waals surface area contributed by atoms with E-state index in [2.05, 4.69) is 0 Å². The number of hydrogen-bond donors (Lipinski definition) is 2. The number of hydrogen-bond acceptors (Lipinski definition) is 4. The first kappa shape index (κ1) is 65.5. The van der Waals surface area contributed by atoms with E-state index in [0.29, 0.717) is 72.2 Å². The predicted octanol–water partition coefficient (Wildman–Crippen LogP) is 13.5. The summed E-state index contributed by atoms with van der Waals surface area (Å²) >= 11 is 0. The molecule has 0 spiro atoms. The van der Waals surface area contributed by atoms with Crippen molar-refractivity contribution in [2.24, 2.45) is 11.5 Å². The average Bonchev–Trinajstić information content (AvgIpc) is 3.22. The van der Waals surface area contributed by atoms with Gasteiger partial charge in [-0.05, 0) is 134 Å². The fourth-order valence-corrected chi connectivity index (χ4v) is 8.40. The Kier molecular flexibility index (Phi) is 23.3. The van der Waals surface area contributed by atoms with Crippen LogP contribution in [0.1, 0.15) is 93.4 Å². The normalized spacial score (nSPS) is 18.2. The molecule has 4 amide bonds. The van der Waals surface area contributed by atoms with E-state index in [1.165, 1.54) is 48.2 Å². The molecule has 2 fully saturated rings. The Bertz CT molecular complexity index is 2230.